The van der Waals surface area contributed by atoms with Crippen LogP contribution < -0.4 is 14.4 Å². The van der Waals surface area contributed by atoms with Crippen LogP contribution in [0.5, 0.6) is 5.75 Å². The number of anilines is 2. The molecule has 2 aromatic rings. The monoisotopic (exact) mass is 476 g/mol. The van der Waals surface area contributed by atoms with E-state index in [1.54, 1.807) is 0 Å². The van der Waals surface area contributed by atoms with E-state index in [1.165, 1.54) is 12.0 Å². The number of hydrogen-bond donors (Lipinski definition) is 2. The first kappa shape index (κ1) is 23.6. The van der Waals surface area contributed by atoms with Crippen LogP contribution in [0.2, 0.25) is 0 Å². The smallest absolute Gasteiger partial charge is 0.416 e. The van der Waals surface area contributed by atoms with Gasteiger partial charge in [-0.1, -0.05) is 0 Å². The lowest BCUT2D eigenvalue weighted by molar-refractivity contribution is -0.137. The summed E-state index contributed by atoms with van der Waals surface area (Å²) >= 11 is 0. The standard InChI is InChI=1S/C20H20F4N2O5S/c1-31-17-7-4-12(19(27)28)9-18(17)32(29,30)25-15-10-13(20(22,23)24)5-6-16(15)26-8-2-3-14(21)11-26/h4-7,9-10,14,25H,2-3,8,11H2,1H3,(H,27,28)/t14-/m1/s1. The molecule has 1 saturated heterocycles. The normalized spacial score (nSPS) is 17.2. The van der Waals surface area contributed by atoms with E-state index in [4.69, 9.17) is 4.74 Å². The van der Waals surface area contributed by atoms with Crippen LogP contribution in [0.1, 0.15) is 28.8 Å². The highest BCUT2D eigenvalue weighted by molar-refractivity contribution is 7.92. The molecule has 1 aliphatic rings. The second kappa shape index (κ2) is 8.85. The Morgan fingerprint density at radius 3 is 2.53 bits per heavy atom. The summed E-state index contributed by atoms with van der Waals surface area (Å²) in [6.07, 6.45) is -5.20. The number of sulfonamides is 1. The second-order valence-electron chi connectivity index (χ2n) is 7.19. The van der Waals surface area contributed by atoms with Crippen molar-refractivity contribution in [2.45, 2.75) is 30.1 Å². The zero-order valence-corrected chi connectivity index (χ0v) is 17.6. The van der Waals surface area contributed by atoms with E-state index in [-0.39, 0.29) is 23.5 Å². The lowest BCUT2D eigenvalue weighted by Crippen LogP contribution is -2.37. The van der Waals surface area contributed by atoms with Crippen LogP contribution in [-0.2, 0) is 16.2 Å². The highest BCUT2D eigenvalue weighted by Gasteiger charge is 2.33. The fourth-order valence-electron chi connectivity index (χ4n) is 3.43. The van der Waals surface area contributed by atoms with Gasteiger partial charge in [-0.3, -0.25) is 4.72 Å². The molecule has 12 heteroatoms. The fraction of sp³-hybridized carbons (Fsp3) is 0.350. The molecular weight excluding hydrogens is 456 g/mol. The second-order valence-corrected chi connectivity index (χ2v) is 8.84. The number of carboxylic acids is 1. The minimum Gasteiger partial charge on any atom is -0.495 e. The molecular formula is C20H20F4N2O5S. The summed E-state index contributed by atoms with van der Waals surface area (Å²) in [5, 5.41) is 9.17. The van der Waals surface area contributed by atoms with Crippen LogP contribution in [0, 0.1) is 0 Å². The van der Waals surface area contributed by atoms with Crippen molar-refractivity contribution in [2.24, 2.45) is 0 Å². The number of aromatic carboxylic acids is 1. The van der Waals surface area contributed by atoms with Crippen LogP contribution in [-0.4, -0.2) is 45.9 Å². The Morgan fingerprint density at radius 2 is 1.94 bits per heavy atom. The number of carbonyl (C=O) groups is 1. The van der Waals surface area contributed by atoms with E-state index >= 15 is 0 Å². The Kier molecular flexibility index (Phi) is 6.54. The molecule has 2 aromatic carbocycles. The van der Waals surface area contributed by atoms with Crippen LogP contribution in [0.3, 0.4) is 0 Å². The molecule has 1 atom stereocenters. The predicted octanol–water partition coefficient (Wildman–Crippen LogP) is 4.15. The molecule has 0 radical (unpaired) electrons. The molecule has 0 aromatic heterocycles. The molecule has 1 heterocycles. The first-order valence-electron chi connectivity index (χ1n) is 9.47. The average Bonchev–Trinajstić information content (AvgIpc) is 2.72. The van der Waals surface area contributed by atoms with Gasteiger partial charge in [0.2, 0.25) is 0 Å². The highest BCUT2D eigenvalue weighted by atomic mass is 32.2. The number of alkyl halides is 4. The summed E-state index contributed by atoms with van der Waals surface area (Å²) in [4.78, 5) is 12.2. The zero-order chi connectivity index (χ0) is 23.7. The topological polar surface area (TPSA) is 95.9 Å². The maximum absolute atomic E-state index is 13.9. The van der Waals surface area contributed by atoms with Gasteiger partial charge in [-0.05, 0) is 49.2 Å². The van der Waals surface area contributed by atoms with Crippen molar-refractivity contribution < 1.29 is 40.6 Å². The van der Waals surface area contributed by atoms with Crippen molar-refractivity contribution >= 4 is 27.4 Å². The van der Waals surface area contributed by atoms with E-state index in [1.807, 2.05) is 0 Å². The molecule has 0 amide bonds. The summed E-state index contributed by atoms with van der Waals surface area (Å²) < 4.78 is 87.0. The third kappa shape index (κ3) is 5.06. The van der Waals surface area contributed by atoms with Crippen molar-refractivity contribution in [3.8, 4) is 5.75 Å². The summed E-state index contributed by atoms with van der Waals surface area (Å²) in [6, 6.07) is 5.61. The SMILES string of the molecule is COc1ccc(C(=O)O)cc1S(=O)(=O)Nc1cc(C(F)(F)F)ccc1N1CCC[C@@H](F)C1. The third-order valence-corrected chi connectivity index (χ3v) is 6.36. The highest BCUT2D eigenvalue weighted by Crippen LogP contribution is 2.38. The Balaban J connectivity index is 2.10. The predicted molar refractivity (Wildman–Crippen MR) is 109 cm³/mol. The fourth-order valence-corrected chi connectivity index (χ4v) is 4.69. The Morgan fingerprint density at radius 1 is 1.22 bits per heavy atom. The number of piperidine rings is 1. The maximum atomic E-state index is 13.9. The van der Waals surface area contributed by atoms with Gasteiger partial charge in [0.15, 0.2) is 0 Å². The third-order valence-electron chi connectivity index (χ3n) is 4.97. The van der Waals surface area contributed by atoms with E-state index < -0.39 is 44.5 Å². The van der Waals surface area contributed by atoms with Gasteiger partial charge < -0.3 is 14.7 Å². The van der Waals surface area contributed by atoms with Gasteiger partial charge in [0.1, 0.15) is 16.8 Å². The van der Waals surface area contributed by atoms with Crippen molar-refractivity contribution in [1.82, 2.24) is 0 Å². The number of benzene rings is 2. The van der Waals surface area contributed by atoms with Crippen molar-refractivity contribution in [2.75, 3.05) is 29.8 Å². The number of nitrogens with zero attached hydrogens (tertiary/aromatic N) is 1. The quantitative estimate of drug-likeness (QED) is 0.609. The molecule has 2 N–H and O–H groups in total. The molecule has 0 unspecified atom stereocenters. The molecule has 7 nitrogen and oxygen atoms in total. The van der Waals surface area contributed by atoms with Gasteiger partial charge in [-0.15, -0.1) is 0 Å². The van der Waals surface area contributed by atoms with Gasteiger partial charge in [0.05, 0.1) is 29.6 Å². The van der Waals surface area contributed by atoms with Gasteiger partial charge in [-0.25, -0.2) is 17.6 Å². The number of halogens is 4. The van der Waals surface area contributed by atoms with Crippen molar-refractivity contribution in [3.05, 3.63) is 47.5 Å². The van der Waals surface area contributed by atoms with Gasteiger partial charge in [0, 0.05) is 13.1 Å². The van der Waals surface area contributed by atoms with Crippen LogP contribution in [0.15, 0.2) is 41.3 Å². The summed E-state index contributed by atoms with van der Waals surface area (Å²) in [7, 11) is -3.41. The number of ether oxygens (including phenoxy) is 1. The molecule has 0 saturated carbocycles. The molecule has 174 valence electrons. The molecule has 0 spiro atoms. The first-order chi connectivity index (χ1) is 14.9. The van der Waals surface area contributed by atoms with Crippen molar-refractivity contribution in [1.29, 1.82) is 0 Å². The largest absolute Gasteiger partial charge is 0.495 e. The van der Waals surface area contributed by atoms with Gasteiger partial charge in [-0.2, -0.15) is 13.2 Å². The van der Waals surface area contributed by atoms with E-state index in [0.717, 1.165) is 30.3 Å². The molecule has 3 rings (SSSR count). The molecule has 32 heavy (non-hydrogen) atoms. The molecule has 0 aliphatic carbocycles. The van der Waals surface area contributed by atoms with Crippen molar-refractivity contribution in [3.63, 3.8) is 0 Å². The molecule has 0 bridgehead atoms. The Labute approximate surface area is 181 Å². The summed E-state index contributed by atoms with van der Waals surface area (Å²) in [5.74, 6) is -1.59. The van der Waals surface area contributed by atoms with E-state index in [2.05, 4.69) is 4.72 Å². The lowest BCUT2D eigenvalue weighted by atomic mass is 10.1. The zero-order valence-electron chi connectivity index (χ0n) is 16.8. The number of rotatable bonds is 6. The molecule has 1 aliphatic heterocycles. The van der Waals surface area contributed by atoms with E-state index in [0.29, 0.717) is 25.5 Å². The van der Waals surface area contributed by atoms with Crippen LogP contribution in [0.25, 0.3) is 0 Å². The minimum absolute atomic E-state index is 0.0808. The van der Waals surface area contributed by atoms with E-state index in [9.17, 15) is 35.9 Å². The average molecular weight is 476 g/mol. The Hall–Kier alpha value is -3.02. The first-order valence-corrected chi connectivity index (χ1v) is 10.9. The van der Waals surface area contributed by atoms with Crippen LogP contribution >= 0.6 is 0 Å². The van der Waals surface area contributed by atoms with Crippen LogP contribution in [0.4, 0.5) is 28.9 Å². The summed E-state index contributed by atoms with van der Waals surface area (Å²) in [5.41, 5.74) is -1.78. The Bertz CT molecular complexity index is 1120. The summed E-state index contributed by atoms with van der Waals surface area (Å²) in [6.45, 7) is 0.232. The maximum Gasteiger partial charge on any atom is 0.416 e. The minimum atomic E-state index is -4.75. The van der Waals surface area contributed by atoms with Gasteiger partial charge in [0.25, 0.3) is 10.0 Å². The number of carboxylic acid groups (broad SMARTS) is 1. The molecule has 1 fully saturated rings. The number of nitrogens with one attached hydrogen (secondary N) is 1. The number of hydrogen-bond acceptors (Lipinski definition) is 5. The van der Waals surface area contributed by atoms with Gasteiger partial charge >= 0.3 is 12.1 Å². The lowest BCUT2D eigenvalue weighted by Gasteiger charge is -2.32. The number of methoxy groups -OCH3 is 1.